The number of nitrogens with zero attached hydrogens (tertiary/aromatic N) is 6. The summed E-state index contributed by atoms with van der Waals surface area (Å²) in [6, 6.07) is 9.06. The molecule has 3 heterocycles. The Balaban J connectivity index is 1.41. The van der Waals surface area contributed by atoms with E-state index in [4.69, 9.17) is 20.0 Å². The van der Waals surface area contributed by atoms with Crippen LogP contribution in [0, 0.1) is 0 Å². The second-order valence-electron chi connectivity index (χ2n) is 8.90. The van der Waals surface area contributed by atoms with Crippen LogP contribution in [0.25, 0.3) is 17.0 Å². The monoisotopic (exact) mass is 417 g/mol. The Morgan fingerprint density at radius 3 is 2.68 bits per heavy atom. The minimum Gasteiger partial charge on any atom is -0.362 e. The number of nitrogens with one attached hydrogen (secondary N) is 1. The van der Waals surface area contributed by atoms with Crippen molar-refractivity contribution < 1.29 is 0 Å². The van der Waals surface area contributed by atoms with E-state index >= 15 is 0 Å². The molecule has 7 nitrogen and oxygen atoms in total. The average Bonchev–Trinajstić information content (AvgIpc) is 3.45. The van der Waals surface area contributed by atoms with Gasteiger partial charge in [0.25, 0.3) is 0 Å². The van der Waals surface area contributed by atoms with Crippen LogP contribution in [0.15, 0.2) is 40.3 Å². The molecule has 1 aromatic carbocycles. The summed E-state index contributed by atoms with van der Waals surface area (Å²) in [4.78, 5) is 23.8. The highest BCUT2D eigenvalue weighted by molar-refractivity contribution is 6.06. The van der Waals surface area contributed by atoms with E-state index in [-0.39, 0.29) is 6.04 Å². The van der Waals surface area contributed by atoms with Crippen LogP contribution in [0.1, 0.15) is 37.9 Å². The maximum atomic E-state index is 4.93. The molecule has 3 aliphatic rings. The van der Waals surface area contributed by atoms with Gasteiger partial charge in [-0.15, -0.1) is 0 Å². The van der Waals surface area contributed by atoms with Gasteiger partial charge in [-0.3, -0.25) is 4.99 Å². The first kappa shape index (κ1) is 20.1. The van der Waals surface area contributed by atoms with E-state index in [1.807, 2.05) is 49.3 Å². The van der Waals surface area contributed by atoms with Gasteiger partial charge in [0, 0.05) is 51.6 Å². The van der Waals surface area contributed by atoms with Crippen molar-refractivity contribution in [2.24, 2.45) is 9.98 Å². The molecule has 1 saturated carbocycles. The van der Waals surface area contributed by atoms with E-state index in [2.05, 4.69) is 16.3 Å². The zero-order valence-electron chi connectivity index (χ0n) is 18.5. The van der Waals surface area contributed by atoms with Crippen LogP contribution < -0.4 is 10.2 Å². The summed E-state index contributed by atoms with van der Waals surface area (Å²) < 4.78 is 0. The minimum atomic E-state index is 0.239. The van der Waals surface area contributed by atoms with Gasteiger partial charge in [-0.1, -0.05) is 12.1 Å². The number of para-hydroxylation sites is 1. The number of anilines is 1. The van der Waals surface area contributed by atoms with E-state index in [1.54, 1.807) is 0 Å². The maximum Gasteiger partial charge on any atom is 0.155 e. The summed E-state index contributed by atoms with van der Waals surface area (Å²) in [5.74, 6) is 3.56. The lowest BCUT2D eigenvalue weighted by molar-refractivity contribution is 0.485. The third-order valence-corrected chi connectivity index (χ3v) is 6.07. The number of rotatable bonds is 6. The third-order valence-electron chi connectivity index (χ3n) is 6.07. The van der Waals surface area contributed by atoms with Gasteiger partial charge < -0.3 is 15.1 Å². The standard InChI is InChI=1S/C24H31N7/c1-30(2)24-19-7-3-4-8-20(19)27-22(29-24)12-11-21-26-18(16-25-17-9-10-17)15-23(28-21)31-13-5-6-14-31/h3-4,7-8,11-12,17-18,25H,5-6,9-10,13-16H2,1-2H3. The van der Waals surface area contributed by atoms with Gasteiger partial charge in [0.15, 0.2) is 5.82 Å². The van der Waals surface area contributed by atoms with E-state index < -0.39 is 0 Å². The van der Waals surface area contributed by atoms with Gasteiger partial charge in [-0.25, -0.2) is 15.0 Å². The number of aromatic nitrogens is 2. The molecule has 1 unspecified atom stereocenters. The van der Waals surface area contributed by atoms with Crippen molar-refractivity contribution in [3.8, 4) is 0 Å². The van der Waals surface area contributed by atoms with E-state index in [0.717, 1.165) is 48.6 Å². The predicted molar refractivity (Wildman–Crippen MR) is 128 cm³/mol. The molecule has 0 spiro atoms. The number of hydrogen-bond donors (Lipinski definition) is 1. The SMILES string of the molecule is CN(C)c1nc(C=CC2=NC(CNC3CC3)CC(N3CCCC3)=N2)nc2ccccc12. The summed E-state index contributed by atoms with van der Waals surface area (Å²) in [6.07, 6.45) is 9.94. The summed E-state index contributed by atoms with van der Waals surface area (Å²) in [7, 11) is 4.02. The first-order chi connectivity index (χ1) is 15.2. The molecule has 1 atom stereocenters. The summed E-state index contributed by atoms with van der Waals surface area (Å²) >= 11 is 0. The van der Waals surface area contributed by atoms with Crippen molar-refractivity contribution in [1.29, 1.82) is 0 Å². The van der Waals surface area contributed by atoms with Gasteiger partial charge in [0.05, 0.1) is 11.6 Å². The van der Waals surface area contributed by atoms with Crippen LogP contribution >= 0.6 is 0 Å². The molecular formula is C24H31N7. The molecule has 1 saturated heterocycles. The lowest BCUT2D eigenvalue weighted by atomic mass is 10.1. The highest BCUT2D eigenvalue weighted by atomic mass is 15.2. The number of likely N-dealkylation sites (tertiary alicyclic amines) is 1. The van der Waals surface area contributed by atoms with Crippen molar-refractivity contribution in [1.82, 2.24) is 20.2 Å². The fourth-order valence-electron chi connectivity index (χ4n) is 4.26. The van der Waals surface area contributed by atoms with Gasteiger partial charge in [-0.05, 0) is 50.0 Å². The Morgan fingerprint density at radius 2 is 1.90 bits per heavy atom. The van der Waals surface area contributed by atoms with Crippen LogP contribution in [0.3, 0.4) is 0 Å². The molecule has 2 fully saturated rings. The zero-order valence-corrected chi connectivity index (χ0v) is 18.5. The Labute approximate surface area is 184 Å². The highest BCUT2D eigenvalue weighted by Gasteiger charge is 2.26. The number of hydrogen-bond acceptors (Lipinski definition) is 7. The van der Waals surface area contributed by atoms with E-state index in [9.17, 15) is 0 Å². The maximum absolute atomic E-state index is 4.93. The second-order valence-corrected chi connectivity index (χ2v) is 8.90. The summed E-state index contributed by atoms with van der Waals surface area (Å²) in [5, 5.41) is 4.69. The van der Waals surface area contributed by atoms with Crippen LogP contribution in [0.5, 0.6) is 0 Å². The third kappa shape index (κ3) is 4.77. The smallest absolute Gasteiger partial charge is 0.155 e. The largest absolute Gasteiger partial charge is 0.362 e. The quantitative estimate of drug-likeness (QED) is 0.782. The van der Waals surface area contributed by atoms with Crippen molar-refractivity contribution in [3.05, 3.63) is 36.2 Å². The molecule has 2 aliphatic heterocycles. The predicted octanol–water partition coefficient (Wildman–Crippen LogP) is 3.13. The molecule has 0 bridgehead atoms. The van der Waals surface area contributed by atoms with Crippen molar-refractivity contribution in [3.63, 3.8) is 0 Å². The number of benzene rings is 1. The zero-order chi connectivity index (χ0) is 21.2. The van der Waals surface area contributed by atoms with E-state index in [0.29, 0.717) is 11.9 Å². The van der Waals surface area contributed by atoms with Crippen molar-refractivity contribution in [2.45, 2.75) is 44.2 Å². The molecule has 7 heteroatoms. The highest BCUT2D eigenvalue weighted by Crippen LogP contribution is 2.23. The normalized spacial score (nSPS) is 21.6. The molecule has 31 heavy (non-hydrogen) atoms. The number of aliphatic imine (C=N–C) groups is 2. The number of fused-ring (bicyclic) bond motifs is 1. The average molecular weight is 418 g/mol. The topological polar surface area (TPSA) is 69.0 Å². The molecular weight excluding hydrogens is 386 g/mol. The molecule has 0 radical (unpaired) electrons. The van der Waals surface area contributed by atoms with E-state index in [1.165, 1.54) is 31.5 Å². The minimum absolute atomic E-state index is 0.239. The Morgan fingerprint density at radius 1 is 1.10 bits per heavy atom. The van der Waals surface area contributed by atoms with Gasteiger partial charge in [0.2, 0.25) is 0 Å². The van der Waals surface area contributed by atoms with Crippen LogP contribution in [-0.4, -0.2) is 72.4 Å². The Kier molecular flexibility index (Phi) is 5.68. The fourth-order valence-corrected chi connectivity index (χ4v) is 4.26. The lowest BCUT2D eigenvalue weighted by Crippen LogP contribution is -2.38. The van der Waals surface area contributed by atoms with Gasteiger partial charge >= 0.3 is 0 Å². The van der Waals surface area contributed by atoms with Crippen LogP contribution in [0.4, 0.5) is 5.82 Å². The van der Waals surface area contributed by atoms with Gasteiger partial charge in [0.1, 0.15) is 17.5 Å². The molecule has 2 aromatic rings. The first-order valence-electron chi connectivity index (χ1n) is 11.4. The summed E-state index contributed by atoms with van der Waals surface area (Å²) in [5.41, 5.74) is 0.944. The molecule has 1 aliphatic carbocycles. The molecule has 1 aromatic heterocycles. The molecule has 162 valence electrons. The second kappa shape index (κ2) is 8.75. The fraction of sp³-hybridized carbons (Fsp3) is 0.500. The lowest BCUT2D eigenvalue weighted by Gasteiger charge is -2.26. The van der Waals surface area contributed by atoms with Crippen LogP contribution in [0.2, 0.25) is 0 Å². The van der Waals surface area contributed by atoms with Crippen molar-refractivity contribution in [2.75, 3.05) is 38.6 Å². The number of amidine groups is 2. The Bertz CT molecular complexity index is 1030. The first-order valence-corrected chi connectivity index (χ1v) is 11.4. The summed E-state index contributed by atoms with van der Waals surface area (Å²) in [6.45, 7) is 3.14. The molecule has 5 rings (SSSR count). The van der Waals surface area contributed by atoms with Gasteiger partial charge in [-0.2, -0.15) is 0 Å². The molecule has 0 amide bonds. The van der Waals surface area contributed by atoms with Crippen molar-refractivity contribution >= 4 is 34.5 Å². The van der Waals surface area contributed by atoms with Crippen LogP contribution in [-0.2, 0) is 0 Å². The molecule has 1 N–H and O–H groups in total. The Hall–Kier alpha value is -2.80.